The van der Waals surface area contributed by atoms with Gasteiger partial charge >= 0.3 is 0 Å². The molecule has 0 bridgehead atoms. The third-order valence-corrected chi connectivity index (χ3v) is 9.80. The Hall–Kier alpha value is -0.00312. The van der Waals surface area contributed by atoms with Crippen LogP contribution in [0.3, 0.4) is 0 Å². The molecule has 1 heterocycles. The maximum Gasteiger partial charge on any atom is 0.221 e. The molecule has 18 heavy (non-hydrogen) atoms. The van der Waals surface area contributed by atoms with Crippen molar-refractivity contribution in [1.82, 2.24) is 5.32 Å². The normalized spacial score (nSPS) is 26.7. The molecule has 0 aliphatic carbocycles. The Morgan fingerprint density at radius 3 is 2.61 bits per heavy atom. The minimum absolute atomic E-state index is 0.0733. The molecule has 1 amide bonds. The first-order valence-electron chi connectivity index (χ1n) is 6.60. The number of rotatable bonds is 3. The van der Waals surface area contributed by atoms with Crippen LogP contribution in [0.5, 0.6) is 0 Å². The van der Waals surface area contributed by atoms with Gasteiger partial charge in [0.25, 0.3) is 0 Å². The van der Waals surface area contributed by atoms with E-state index in [1.165, 1.54) is 0 Å². The molecule has 1 aliphatic rings. The van der Waals surface area contributed by atoms with Crippen molar-refractivity contribution in [3.63, 3.8) is 0 Å². The van der Waals surface area contributed by atoms with Crippen molar-refractivity contribution in [2.75, 3.05) is 18.9 Å². The smallest absolute Gasteiger partial charge is 0.221 e. The van der Waals surface area contributed by atoms with Crippen molar-refractivity contribution in [3.8, 4) is 0 Å². The summed E-state index contributed by atoms with van der Waals surface area (Å²) in [5.41, 5.74) is 0. The fraction of sp³-hybridized carbons (Fsp3) is 0.923. The van der Waals surface area contributed by atoms with Crippen LogP contribution in [0.2, 0.25) is 18.1 Å². The highest BCUT2D eigenvalue weighted by molar-refractivity contribution is 8.00. The molecule has 0 spiro atoms. The lowest BCUT2D eigenvalue weighted by Crippen LogP contribution is -2.45. The fourth-order valence-corrected chi connectivity index (χ4v) is 3.87. The lowest BCUT2D eigenvalue weighted by Gasteiger charge is -2.39. The molecule has 106 valence electrons. The van der Waals surface area contributed by atoms with Crippen molar-refractivity contribution < 1.29 is 9.22 Å². The second-order valence-corrected chi connectivity index (χ2v) is 13.4. The highest BCUT2D eigenvalue weighted by Crippen LogP contribution is 2.39. The van der Waals surface area contributed by atoms with E-state index in [-0.39, 0.29) is 15.7 Å². The Balaban J connectivity index is 2.63. The van der Waals surface area contributed by atoms with Gasteiger partial charge < -0.3 is 9.74 Å². The first-order valence-corrected chi connectivity index (χ1v) is 10.5. The van der Waals surface area contributed by atoms with Gasteiger partial charge in [-0.25, -0.2) is 0 Å². The molecule has 0 unspecified atom stereocenters. The number of thioether (sulfide) groups is 1. The molecule has 0 aromatic rings. The Bertz CT molecular complexity index is 315. The number of hydrogen-bond donors (Lipinski definition) is 1. The molecule has 3 nitrogen and oxygen atoms in total. The molecular weight excluding hydrogens is 262 g/mol. The van der Waals surface area contributed by atoms with Gasteiger partial charge in [0.05, 0.1) is 0 Å². The summed E-state index contributed by atoms with van der Waals surface area (Å²) in [6, 6.07) is 0. The quantitative estimate of drug-likeness (QED) is 0.812. The summed E-state index contributed by atoms with van der Waals surface area (Å²) in [6.07, 6.45) is 0.562. The second-order valence-electron chi connectivity index (χ2n) is 6.87. The van der Waals surface area contributed by atoms with E-state index in [0.717, 1.165) is 12.3 Å². The van der Waals surface area contributed by atoms with Crippen LogP contribution in [0.4, 0.5) is 0 Å². The molecule has 0 aromatic carbocycles. The summed E-state index contributed by atoms with van der Waals surface area (Å²) in [7, 11) is -1.72. The SMILES string of the molecule is CC(C)(C)[Si](C)(C)OC[C@@]1(C)CC(=O)NCCS1. The van der Waals surface area contributed by atoms with E-state index in [0.29, 0.717) is 13.0 Å². The van der Waals surface area contributed by atoms with E-state index in [4.69, 9.17) is 4.43 Å². The highest BCUT2D eigenvalue weighted by atomic mass is 32.2. The number of hydrogen-bond acceptors (Lipinski definition) is 3. The highest BCUT2D eigenvalue weighted by Gasteiger charge is 2.40. The first kappa shape index (κ1) is 16.1. The minimum atomic E-state index is -1.72. The molecular formula is C13H27NO2SSi. The Labute approximate surface area is 117 Å². The molecule has 1 N–H and O–H groups in total. The second kappa shape index (κ2) is 5.55. The van der Waals surface area contributed by atoms with Crippen LogP contribution in [0.25, 0.3) is 0 Å². The van der Waals surface area contributed by atoms with Crippen molar-refractivity contribution >= 4 is 26.0 Å². The zero-order chi connectivity index (χ0) is 14.0. The average Bonchev–Trinajstić information content (AvgIpc) is 2.36. The van der Waals surface area contributed by atoms with E-state index in [1.807, 2.05) is 11.8 Å². The largest absolute Gasteiger partial charge is 0.415 e. The van der Waals surface area contributed by atoms with E-state index in [2.05, 4.69) is 46.1 Å². The summed E-state index contributed by atoms with van der Waals surface area (Å²) in [5.74, 6) is 1.13. The molecule has 0 saturated carbocycles. The van der Waals surface area contributed by atoms with Crippen LogP contribution in [0, 0.1) is 0 Å². The number of amides is 1. The number of carbonyl (C=O) groups is 1. The number of nitrogens with one attached hydrogen (secondary N) is 1. The molecule has 1 fully saturated rings. The van der Waals surface area contributed by atoms with Crippen molar-refractivity contribution in [1.29, 1.82) is 0 Å². The van der Waals surface area contributed by atoms with Gasteiger partial charge in [-0.1, -0.05) is 20.8 Å². The van der Waals surface area contributed by atoms with Crippen LogP contribution in [0.1, 0.15) is 34.1 Å². The zero-order valence-corrected chi connectivity index (χ0v) is 14.4. The summed E-state index contributed by atoms with van der Waals surface area (Å²) in [5, 5.41) is 3.15. The molecule has 1 aliphatic heterocycles. The maximum atomic E-state index is 11.7. The molecule has 1 rings (SSSR count). The van der Waals surface area contributed by atoms with E-state index in [1.54, 1.807) is 0 Å². The fourth-order valence-electron chi connectivity index (χ4n) is 1.58. The molecule has 0 radical (unpaired) electrons. The minimum Gasteiger partial charge on any atom is -0.415 e. The predicted octanol–water partition coefficient (Wildman–Crippen LogP) is 3.02. The van der Waals surface area contributed by atoms with Crippen LogP contribution in [0.15, 0.2) is 0 Å². The predicted molar refractivity (Wildman–Crippen MR) is 81.6 cm³/mol. The molecule has 1 saturated heterocycles. The van der Waals surface area contributed by atoms with E-state index >= 15 is 0 Å². The van der Waals surface area contributed by atoms with E-state index < -0.39 is 8.32 Å². The average molecular weight is 290 g/mol. The van der Waals surface area contributed by atoms with Gasteiger partial charge in [0.1, 0.15) is 0 Å². The topological polar surface area (TPSA) is 38.3 Å². The van der Waals surface area contributed by atoms with Gasteiger partial charge in [-0.3, -0.25) is 4.79 Å². The molecule has 5 heteroatoms. The number of carbonyl (C=O) groups excluding carboxylic acids is 1. The van der Waals surface area contributed by atoms with Gasteiger partial charge in [0.2, 0.25) is 5.91 Å². The van der Waals surface area contributed by atoms with Crippen LogP contribution < -0.4 is 5.32 Å². The maximum absolute atomic E-state index is 11.7. The third-order valence-electron chi connectivity index (χ3n) is 3.95. The first-order chi connectivity index (χ1) is 8.06. The van der Waals surface area contributed by atoms with Gasteiger partial charge in [-0.2, -0.15) is 11.8 Å². The summed E-state index contributed by atoms with van der Waals surface area (Å²) < 4.78 is 6.21. The van der Waals surface area contributed by atoms with Gasteiger partial charge in [0, 0.05) is 30.1 Å². The van der Waals surface area contributed by atoms with Gasteiger partial charge in [0.15, 0.2) is 8.32 Å². The van der Waals surface area contributed by atoms with Gasteiger partial charge in [-0.05, 0) is 25.1 Å². The summed E-state index contributed by atoms with van der Waals surface area (Å²) in [6.45, 7) is 14.9. The lowest BCUT2D eigenvalue weighted by atomic mass is 10.1. The summed E-state index contributed by atoms with van der Waals surface area (Å²) in [4.78, 5) is 11.7. The Morgan fingerprint density at radius 1 is 1.44 bits per heavy atom. The Morgan fingerprint density at radius 2 is 2.06 bits per heavy atom. The van der Waals surface area contributed by atoms with Crippen molar-refractivity contribution in [2.24, 2.45) is 0 Å². The molecule has 0 aromatic heterocycles. The van der Waals surface area contributed by atoms with Crippen LogP contribution >= 0.6 is 11.8 Å². The van der Waals surface area contributed by atoms with Crippen molar-refractivity contribution in [3.05, 3.63) is 0 Å². The Kier molecular flexibility index (Phi) is 4.95. The lowest BCUT2D eigenvalue weighted by molar-refractivity contribution is -0.121. The molecule has 1 atom stereocenters. The third kappa shape index (κ3) is 4.28. The van der Waals surface area contributed by atoms with Crippen molar-refractivity contribution in [2.45, 2.75) is 57.0 Å². The standard InChI is InChI=1S/C13H27NO2SSi/c1-12(2,3)18(5,6)16-10-13(4)9-11(15)14-7-8-17-13/h7-10H2,1-6H3,(H,14,15)/t13-/m1/s1. The van der Waals surface area contributed by atoms with E-state index in [9.17, 15) is 4.79 Å². The van der Waals surface area contributed by atoms with Gasteiger partial charge in [-0.15, -0.1) is 0 Å². The van der Waals surface area contributed by atoms with Crippen LogP contribution in [-0.2, 0) is 9.22 Å². The summed E-state index contributed by atoms with van der Waals surface area (Å²) >= 11 is 1.86. The van der Waals surface area contributed by atoms with Crippen LogP contribution in [-0.4, -0.2) is 37.9 Å². The monoisotopic (exact) mass is 289 g/mol. The zero-order valence-electron chi connectivity index (χ0n) is 12.6.